The van der Waals surface area contributed by atoms with Crippen molar-refractivity contribution >= 4 is 56.0 Å². The summed E-state index contributed by atoms with van der Waals surface area (Å²) in [6.45, 7) is 14.2. The Hall–Kier alpha value is -7.37. The van der Waals surface area contributed by atoms with Gasteiger partial charge in [-0.3, -0.25) is 24.1 Å². The largest absolute Gasteiger partial charge is 0.462 e. The average molecular weight is 1080 g/mol. The summed E-state index contributed by atoms with van der Waals surface area (Å²) in [4.78, 5) is 93.3. The minimum absolute atomic E-state index is 0.00791. The Morgan fingerprint density at radius 1 is 0.632 bits per heavy atom. The lowest BCUT2D eigenvalue weighted by Crippen LogP contribution is -2.41. The molecule has 2 heterocycles. The van der Waals surface area contributed by atoms with E-state index in [4.69, 9.17) is 23.1 Å². The smallest absolute Gasteiger partial charge is 0.412 e. The van der Waals surface area contributed by atoms with Crippen molar-refractivity contribution in [1.29, 1.82) is 0 Å². The molecule has 0 radical (unpaired) electrons. The SMILES string of the molecule is C=C(C)C(=O)OCCCNC(=O)Oc1ccc(C(C)(c2ccc(OC(=O)NCCC[Si](C)(OCC)OCC)c(N3C(=O)c4ccc(C(C)(c5ccc6c(c5)C(=O)N(C)C6=O)C(F)(F)F)cc4C3=O)c2)C(F)(F)F)cc1C. The molecule has 6 rings (SSSR count). The first kappa shape index (κ1) is 57.9. The van der Waals surface area contributed by atoms with Gasteiger partial charge < -0.3 is 33.7 Å². The molecule has 2 unspecified atom stereocenters. The van der Waals surface area contributed by atoms with E-state index >= 15 is 26.3 Å². The number of hydrogen-bond donors (Lipinski definition) is 2. The predicted octanol–water partition coefficient (Wildman–Crippen LogP) is 9.98. The number of amides is 6. The summed E-state index contributed by atoms with van der Waals surface area (Å²) in [5.41, 5.74) is -9.84. The van der Waals surface area contributed by atoms with Crippen molar-refractivity contribution in [2.24, 2.45) is 0 Å². The number of esters is 1. The summed E-state index contributed by atoms with van der Waals surface area (Å²) in [6.07, 6.45) is -11.8. The number of carbonyl (C=O) groups is 7. The molecule has 2 aliphatic heterocycles. The van der Waals surface area contributed by atoms with Crippen LogP contribution in [0.25, 0.3) is 0 Å². The fraction of sp³-hybridized carbons (Fsp3) is 0.377. The number of ether oxygens (including phenoxy) is 3. The van der Waals surface area contributed by atoms with Gasteiger partial charge in [0, 0.05) is 38.9 Å². The molecule has 0 fully saturated rings. The Morgan fingerprint density at radius 3 is 1.58 bits per heavy atom. The van der Waals surface area contributed by atoms with Gasteiger partial charge in [-0.15, -0.1) is 0 Å². The minimum atomic E-state index is -5.14. The normalized spacial score (nSPS) is 15.2. The van der Waals surface area contributed by atoms with Gasteiger partial charge in [0.25, 0.3) is 23.6 Å². The van der Waals surface area contributed by atoms with E-state index in [1.807, 2.05) is 20.4 Å². The van der Waals surface area contributed by atoms with Crippen molar-refractivity contribution in [3.8, 4) is 11.5 Å². The van der Waals surface area contributed by atoms with Crippen LogP contribution in [0.1, 0.15) is 117 Å². The Balaban J connectivity index is 1.37. The van der Waals surface area contributed by atoms with E-state index in [9.17, 15) is 33.6 Å². The molecule has 4 aromatic carbocycles. The van der Waals surface area contributed by atoms with Crippen molar-refractivity contribution in [2.45, 2.75) is 90.2 Å². The summed E-state index contributed by atoms with van der Waals surface area (Å²) in [7, 11) is -1.44. The Labute approximate surface area is 434 Å². The van der Waals surface area contributed by atoms with Gasteiger partial charge in [0.05, 0.1) is 34.5 Å². The molecule has 406 valence electrons. The molecule has 0 saturated heterocycles. The van der Waals surface area contributed by atoms with E-state index in [1.54, 1.807) is 0 Å². The molecule has 0 saturated carbocycles. The lowest BCUT2D eigenvalue weighted by molar-refractivity contribution is -0.173. The van der Waals surface area contributed by atoms with Gasteiger partial charge in [0.2, 0.25) is 0 Å². The topological polar surface area (TPSA) is 196 Å². The van der Waals surface area contributed by atoms with Gasteiger partial charge in [-0.2, -0.15) is 26.3 Å². The maximum absolute atomic E-state index is 15.8. The minimum Gasteiger partial charge on any atom is -0.462 e. The molecule has 23 heteroatoms. The van der Waals surface area contributed by atoms with E-state index < -0.39 is 118 Å². The standard InChI is InChI=1S/C53H56F6N4O12Si/c1-10-72-76(9,73-11-2)25-13-23-61-49(70)75-42-21-17-35(50(6,52(54,55)56)32-16-20-41(31(5)26-32)74-48(69)60-22-12-24-71-47(68)30(3)4)29-40(42)63-45(66)37-19-15-34(28-39(37)46(63)67)51(7,53(57,58)59)33-14-18-36-38(27-33)44(65)62(8)43(36)64/h14-21,26-29H,3,10-13,22-25H2,1-2,4-9H3,(H,60,69)(H,61,70). The Bertz CT molecular complexity index is 3000. The third-order valence-corrected chi connectivity index (χ3v) is 16.4. The lowest BCUT2D eigenvalue weighted by atomic mass is 9.74. The van der Waals surface area contributed by atoms with E-state index in [0.717, 1.165) is 91.5 Å². The second kappa shape index (κ2) is 22.5. The number of aryl methyl sites for hydroxylation is 1. The molecular formula is C53H56F6N4O12Si. The highest BCUT2D eigenvalue weighted by molar-refractivity contribution is 6.66. The van der Waals surface area contributed by atoms with Crippen molar-refractivity contribution in [1.82, 2.24) is 15.5 Å². The molecule has 0 aromatic heterocycles. The third kappa shape index (κ3) is 11.4. The zero-order chi connectivity index (χ0) is 56.3. The van der Waals surface area contributed by atoms with Gasteiger partial charge in [0.15, 0.2) is 5.75 Å². The maximum atomic E-state index is 15.8. The second-order valence-corrected chi connectivity index (χ2v) is 21.9. The number of hydrogen-bond acceptors (Lipinski definition) is 12. The van der Waals surface area contributed by atoms with Gasteiger partial charge in [-0.05, 0) is 137 Å². The number of rotatable bonds is 20. The summed E-state index contributed by atoms with van der Waals surface area (Å²) >= 11 is 0. The second-order valence-electron chi connectivity index (χ2n) is 18.5. The third-order valence-electron chi connectivity index (χ3n) is 13.3. The van der Waals surface area contributed by atoms with Crippen LogP contribution < -0.4 is 25.0 Å². The number of nitrogens with zero attached hydrogens (tertiary/aromatic N) is 2. The summed E-state index contributed by atoms with van der Waals surface area (Å²) in [5, 5.41) is 4.99. The van der Waals surface area contributed by atoms with Crippen molar-refractivity contribution in [3.63, 3.8) is 0 Å². The first-order valence-corrected chi connectivity index (χ1v) is 26.5. The van der Waals surface area contributed by atoms with Crippen LogP contribution in [-0.4, -0.2) is 108 Å². The molecule has 16 nitrogen and oxygen atoms in total. The molecule has 0 spiro atoms. The Kier molecular flexibility index (Phi) is 17.1. The highest BCUT2D eigenvalue weighted by atomic mass is 28.4. The zero-order valence-electron chi connectivity index (χ0n) is 42.9. The fourth-order valence-electron chi connectivity index (χ4n) is 8.81. The molecule has 2 atom stereocenters. The van der Waals surface area contributed by atoms with Crippen LogP contribution in [0, 0.1) is 6.92 Å². The van der Waals surface area contributed by atoms with Crippen LogP contribution in [-0.2, 0) is 29.2 Å². The molecule has 2 aliphatic rings. The number of imide groups is 2. The van der Waals surface area contributed by atoms with Crippen LogP contribution in [0.2, 0.25) is 12.6 Å². The highest BCUT2D eigenvalue weighted by Crippen LogP contribution is 2.51. The number of benzene rings is 4. The molecule has 0 bridgehead atoms. The summed E-state index contributed by atoms with van der Waals surface area (Å²) in [6, 6.07) is 12.3. The molecule has 6 amide bonds. The van der Waals surface area contributed by atoms with Gasteiger partial charge in [-0.25, -0.2) is 19.3 Å². The van der Waals surface area contributed by atoms with Crippen LogP contribution in [0.3, 0.4) is 0 Å². The van der Waals surface area contributed by atoms with Gasteiger partial charge in [-0.1, -0.05) is 36.9 Å². The van der Waals surface area contributed by atoms with Crippen LogP contribution in [0.15, 0.2) is 84.9 Å². The molecule has 0 aliphatic carbocycles. The van der Waals surface area contributed by atoms with Crippen molar-refractivity contribution in [3.05, 3.63) is 135 Å². The lowest BCUT2D eigenvalue weighted by Gasteiger charge is -2.34. The Morgan fingerprint density at radius 2 is 1.07 bits per heavy atom. The van der Waals surface area contributed by atoms with E-state index in [-0.39, 0.29) is 54.1 Å². The number of halogens is 6. The predicted molar refractivity (Wildman–Crippen MR) is 266 cm³/mol. The fourth-order valence-corrected chi connectivity index (χ4v) is 11.2. The van der Waals surface area contributed by atoms with E-state index in [2.05, 4.69) is 17.2 Å². The quantitative estimate of drug-likeness (QED) is 0.0213. The first-order chi connectivity index (χ1) is 35.5. The molecule has 2 N–H and O–H groups in total. The first-order valence-electron chi connectivity index (χ1n) is 24.0. The number of nitrogens with one attached hydrogen (secondary N) is 2. The maximum Gasteiger partial charge on any atom is 0.412 e. The van der Waals surface area contributed by atoms with Crippen LogP contribution >= 0.6 is 0 Å². The van der Waals surface area contributed by atoms with Gasteiger partial charge >= 0.3 is 39.1 Å². The zero-order valence-corrected chi connectivity index (χ0v) is 43.9. The van der Waals surface area contributed by atoms with Crippen LogP contribution in [0.5, 0.6) is 11.5 Å². The summed E-state index contributed by atoms with van der Waals surface area (Å²) < 4.78 is 121. The van der Waals surface area contributed by atoms with Crippen molar-refractivity contribution in [2.75, 3.05) is 44.9 Å². The van der Waals surface area contributed by atoms with Crippen LogP contribution in [0.4, 0.5) is 41.6 Å². The number of carbonyl (C=O) groups excluding carboxylic acids is 7. The van der Waals surface area contributed by atoms with E-state index in [1.165, 1.54) is 20.9 Å². The van der Waals surface area contributed by atoms with Gasteiger partial charge in [0.1, 0.15) is 16.6 Å². The van der Waals surface area contributed by atoms with E-state index in [0.29, 0.717) is 30.6 Å². The molecular weight excluding hydrogens is 1030 g/mol. The number of anilines is 1. The highest BCUT2D eigenvalue weighted by Gasteiger charge is 2.56. The number of fused-ring (bicyclic) bond motifs is 2. The number of alkyl halides is 6. The summed E-state index contributed by atoms with van der Waals surface area (Å²) in [5.74, 6) is -5.32. The average Bonchev–Trinajstić information content (AvgIpc) is 3.73. The van der Waals surface area contributed by atoms with Crippen molar-refractivity contribution < 1.29 is 83.0 Å². The molecule has 4 aromatic rings. The molecule has 76 heavy (non-hydrogen) atoms. The monoisotopic (exact) mass is 1080 g/mol.